The Labute approximate surface area is 93.2 Å². The molecule has 0 aliphatic rings. The van der Waals surface area contributed by atoms with Crippen LogP contribution in [0.3, 0.4) is 0 Å². The molecule has 1 aromatic rings. The molecule has 0 radical (unpaired) electrons. The molecule has 1 nitrogen and oxygen atoms in total. The van der Waals surface area contributed by atoms with Gasteiger partial charge in [-0.15, -0.1) is 12.6 Å². The lowest BCUT2D eigenvalue weighted by Gasteiger charge is -2.04. The van der Waals surface area contributed by atoms with Crippen molar-refractivity contribution in [2.45, 2.75) is 4.90 Å². The largest absolute Gasteiger partial charge is 0.496 e. The fourth-order valence-electron chi connectivity index (χ4n) is 0.682. The third-order valence-electron chi connectivity index (χ3n) is 1.22. The molecule has 0 atom stereocenters. The van der Waals surface area contributed by atoms with Crippen LogP contribution < -0.4 is 4.74 Å². The molecule has 0 amide bonds. The molecule has 0 fully saturated rings. The van der Waals surface area contributed by atoms with Crippen molar-refractivity contribution in [3.63, 3.8) is 0 Å². The van der Waals surface area contributed by atoms with Crippen LogP contribution in [-0.2, 0) is 0 Å². The van der Waals surface area contributed by atoms with Gasteiger partial charge in [-0.2, -0.15) is 0 Å². The van der Waals surface area contributed by atoms with Crippen LogP contribution in [0.5, 0.6) is 5.75 Å². The van der Waals surface area contributed by atoms with Crippen LogP contribution in [0.25, 0.3) is 0 Å². The molecule has 0 saturated heterocycles. The third kappa shape index (κ3) is 2.26. The maximum Gasteiger partial charge on any atom is 0.133 e. The summed E-state index contributed by atoms with van der Waals surface area (Å²) >= 11 is 9.88. The second-order valence-electron chi connectivity index (χ2n) is 1.94. The summed E-state index contributed by atoms with van der Waals surface area (Å²) in [5.41, 5.74) is 0. The highest BCUT2D eigenvalue weighted by Crippen LogP contribution is 2.30. The van der Waals surface area contributed by atoms with Crippen molar-refractivity contribution in [3.8, 4) is 5.75 Å². The van der Waals surface area contributed by atoms with Crippen LogP contribution in [0.15, 0.2) is 21.5 Å². The normalized spacial score (nSPS) is 9.82. The lowest BCUT2D eigenvalue weighted by atomic mass is 10.3. The van der Waals surface area contributed by atoms with E-state index in [-0.39, 0.29) is 0 Å². The van der Waals surface area contributed by atoms with Gasteiger partial charge in [-0.25, -0.2) is 0 Å². The third-order valence-corrected chi connectivity index (χ3v) is 3.86. The zero-order chi connectivity index (χ0) is 8.43. The molecule has 0 N–H and O–H groups in total. The summed E-state index contributed by atoms with van der Waals surface area (Å²) in [5.74, 6) is 0.792. The van der Waals surface area contributed by atoms with E-state index in [0.29, 0.717) is 0 Å². The number of benzene rings is 1. The molecular weight excluding hydrogens is 339 g/mol. The van der Waals surface area contributed by atoms with Crippen molar-refractivity contribution in [2.75, 3.05) is 7.11 Å². The average Bonchev–Trinajstić information content (AvgIpc) is 1.97. The van der Waals surface area contributed by atoms with E-state index in [1.807, 2.05) is 12.1 Å². The average molecular weight is 345 g/mol. The molecule has 11 heavy (non-hydrogen) atoms. The van der Waals surface area contributed by atoms with Crippen LogP contribution >= 0.6 is 51.1 Å². The molecule has 0 aromatic heterocycles. The Morgan fingerprint density at radius 1 is 1.55 bits per heavy atom. The molecule has 1 aromatic carbocycles. The number of ether oxygens (including phenoxy) is 1. The van der Waals surface area contributed by atoms with E-state index in [2.05, 4.69) is 51.1 Å². The maximum atomic E-state index is 5.07. The Kier molecular flexibility index (Phi) is 3.52. The Morgan fingerprint density at radius 2 is 2.18 bits per heavy atom. The summed E-state index contributed by atoms with van der Waals surface area (Å²) in [4.78, 5) is 0.861. The number of methoxy groups -OCH3 is 1. The highest BCUT2D eigenvalue weighted by atomic mass is 127. The Morgan fingerprint density at radius 3 is 2.73 bits per heavy atom. The zero-order valence-electron chi connectivity index (χ0n) is 5.77. The van der Waals surface area contributed by atoms with Crippen LogP contribution in [0.1, 0.15) is 0 Å². The van der Waals surface area contributed by atoms with Gasteiger partial charge in [-0.05, 0) is 50.7 Å². The number of thiol groups is 1. The predicted octanol–water partition coefficient (Wildman–Crippen LogP) is 3.35. The van der Waals surface area contributed by atoms with Gasteiger partial charge in [0.05, 0.1) is 7.11 Å². The first kappa shape index (κ1) is 9.67. The van der Waals surface area contributed by atoms with Gasteiger partial charge >= 0.3 is 0 Å². The molecule has 0 bridgehead atoms. The molecule has 0 unspecified atom stereocenters. The summed E-state index contributed by atoms with van der Waals surface area (Å²) < 4.78 is 7.24. The van der Waals surface area contributed by atoms with E-state index in [0.717, 1.165) is 18.7 Å². The molecule has 0 spiro atoms. The minimum Gasteiger partial charge on any atom is -0.496 e. The lowest BCUT2D eigenvalue weighted by Crippen LogP contribution is -1.86. The minimum atomic E-state index is 0.792. The van der Waals surface area contributed by atoms with E-state index >= 15 is 0 Å². The SMILES string of the molecule is COc1cc(Br)c(I)cc1S. The first-order chi connectivity index (χ1) is 5.15. The van der Waals surface area contributed by atoms with Crippen LogP contribution in [-0.4, -0.2) is 7.11 Å². The Hall–Kier alpha value is 0.580. The van der Waals surface area contributed by atoms with E-state index in [1.165, 1.54) is 0 Å². The molecule has 0 heterocycles. The van der Waals surface area contributed by atoms with Gasteiger partial charge in [0, 0.05) is 12.9 Å². The Balaban J connectivity index is 3.21. The van der Waals surface area contributed by atoms with Gasteiger partial charge in [-0.1, -0.05) is 0 Å². The summed E-state index contributed by atoms with van der Waals surface area (Å²) in [7, 11) is 1.63. The molecule has 0 aliphatic carbocycles. The lowest BCUT2D eigenvalue weighted by molar-refractivity contribution is 0.404. The fraction of sp³-hybridized carbons (Fsp3) is 0.143. The first-order valence-corrected chi connectivity index (χ1v) is 5.19. The topological polar surface area (TPSA) is 9.23 Å². The van der Waals surface area contributed by atoms with Crippen LogP contribution in [0, 0.1) is 3.57 Å². The summed E-state index contributed by atoms with van der Waals surface area (Å²) in [6, 6.07) is 3.86. The highest BCUT2D eigenvalue weighted by molar-refractivity contribution is 14.1. The summed E-state index contributed by atoms with van der Waals surface area (Å²) in [6.45, 7) is 0. The van der Waals surface area contributed by atoms with Crippen molar-refractivity contribution in [1.82, 2.24) is 0 Å². The van der Waals surface area contributed by atoms with Gasteiger partial charge in [-0.3, -0.25) is 0 Å². The monoisotopic (exact) mass is 344 g/mol. The predicted molar refractivity (Wildman–Crippen MR) is 60.7 cm³/mol. The minimum absolute atomic E-state index is 0.792. The number of rotatable bonds is 1. The van der Waals surface area contributed by atoms with E-state index in [1.54, 1.807) is 7.11 Å². The molecular formula is C7H6BrIOS. The number of hydrogen-bond acceptors (Lipinski definition) is 2. The van der Waals surface area contributed by atoms with Crippen molar-refractivity contribution in [1.29, 1.82) is 0 Å². The summed E-state index contributed by atoms with van der Waals surface area (Å²) in [6.07, 6.45) is 0. The quantitative estimate of drug-likeness (QED) is 0.607. The second kappa shape index (κ2) is 4.00. The van der Waals surface area contributed by atoms with E-state index < -0.39 is 0 Å². The van der Waals surface area contributed by atoms with E-state index in [4.69, 9.17) is 4.74 Å². The Bertz CT molecular complexity index is 277. The highest BCUT2D eigenvalue weighted by Gasteiger charge is 2.02. The smallest absolute Gasteiger partial charge is 0.133 e. The van der Waals surface area contributed by atoms with Crippen molar-refractivity contribution < 1.29 is 4.74 Å². The van der Waals surface area contributed by atoms with Gasteiger partial charge < -0.3 is 4.74 Å². The van der Waals surface area contributed by atoms with Crippen LogP contribution in [0.4, 0.5) is 0 Å². The first-order valence-electron chi connectivity index (χ1n) is 2.87. The number of halogens is 2. The number of hydrogen-bond donors (Lipinski definition) is 1. The molecule has 60 valence electrons. The van der Waals surface area contributed by atoms with Crippen molar-refractivity contribution >= 4 is 51.1 Å². The van der Waals surface area contributed by atoms with Crippen molar-refractivity contribution in [2.24, 2.45) is 0 Å². The fourth-order valence-corrected chi connectivity index (χ4v) is 2.00. The molecule has 1 rings (SSSR count). The zero-order valence-corrected chi connectivity index (χ0v) is 10.4. The van der Waals surface area contributed by atoms with Gasteiger partial charge in [0.1, 0.15) is 5.75 Å². The molecule has 0 saturated carbocycles. The second-order valence-corrected chi connectivity index (χ2v) is 4.44. The van der Waals surface area contributed by atoms with E-state index in [9.17, 15) is 0 Å². The standard InChI is InChI=1S/C7H6BrIOS/c1-10-6-2-4(8)5(9)3-7(6)11/h2-3,11H,1H3. The van der Waals surface area contributed by atoms with Crippen molar-refractivity contribution in [3.05, 3.63) is 20.2 Å². The summed E-state index contributed by atoms with van der Waals surface area (Å²) in [5, 5.41) is 0. The van der Waals surface area contributed by atoms with Gasteiger partial charge in [0.15, 0.2) is 0 Å². The maximum absolute atomic E-state index is 5.07. The van der Waals surface area contributed by atoms with Gasteiger partial charge in [0.25, 0.3) is 0 Å². The molecule has 4 heteroatoms. The van der Waals surface area contributed by atoms with Gasteiger partial charge in [0.2, 0.25) is 0 Å². The molecule has 0 aliphatic heterocycles. The van der Waals surface area contributed by atoms with Crippen LogP contribution in [0.2, 0.25) is 0 Å².